The van der Waals surface area contributed by atoms with Crippen LogP contribution in [0, 0.1) is 5.92 Å². The first kappa shape index (κ1) is 12.9. The summed E-state index contributed by atoms with van der Waals surface area (Å²) in [5.41, 5.74) is 5.86. The van der Waals surface area contributed by atoms with E-state index in [9.17, 15) is 5.11 Å². The van der Waals surface area contributed by atoms with Gasteiger partial charge in [0.25, 0.3) is 0 Å². The van der Waals surface area contributed by atoms with E-state index in [-0.39, 0.29) is 12.1 Å². The monoisotopic (exact) mass is 216 g/mol. The molecule has 0 aromatic rings. The molecular formula is C11H24N2O2. The topological polar surface area (TPSA) is 58.7 Å². The van der Waals surface area contributed by atoms with Gasteiger partial charge in [0.2, 0.25) is 0 Å². The van der Waals surface area contributed by atoms with Gasteiger partial charge in [0.05, 0.1) is 12.7 Å². The Morgan fingerprint density at radius 1 is 1.60 bits per heavy atom. The highest BCUT2D eigenvalue weighted by molar-refractivity contribution is 4.81. The van der Waals surface area contributed by atoms with Crippen molar-refractivity contribution in [3.05, 3.63) is 0 Å². The zero-order chi connectivity index (χ0) is 11.3. The van der Waals surface area contributed by atoms with Crippen LogP contribution in [0.1, 0.15) is 20.3 Å². The van der Waals surface area contributed by atoms with Crippen LogP contribution in [0.5, 0.6) is 0 Å². The van der Waals surface area contributed by atoms with Crippen LogP contribution in [0.2, 0.25) is 0 Å². The molecule has 0 bridgehead atoms. The summed E-state index contributed by atoms with van der Waals surface area (Å²) in [6.45, 7) is 7.88. The molecule has 1 fully saturated rings. The largest absolute Gasteiger partial charge is 0.389 e. The number of rotatable bonds is 6. The van der Waals surface area contributed by atoms with E-state index in [1.165, 1.54) is 0 Å². The van der Waals surface area contributed by atoms with Crippen LogP contribution < -0.4 is 5.73 Å². The number of hydrogen-bond donors (Lipinski definition) is 2. The summed E-state index contributed by atoms with van der Waals surface area (Å²) >= 11 is 0. The predicted molar refractivity (Wildman–Crippen MR) is 60.7 cm³/mol. The fourth-order valence-corrected chi connectivity index (χ4v) is 2.06. The Morgan fingerprint density at radius 3 is 2.87 bits per heavy atom. The summed E-state index contributed by atoms with van der Waals surface area (Å²) in [4.78, 5) is 2.28. The number of aliphatic hydroxyl groups is 1. The first-order valence-corrected chi connectivity index (χ1v) is 5.87. The Morgan fingerprint density at radius 2 is 2.33 bits per heavy atom. The molecule has 1 aliphatic heterocycles. The van der Waals surface area contributed by atoms with Crippen LogP contribution >= 0.6 is 0 Å². The van der Waals surface area contributed by atoms with Gasteiger partial charge in [0.15, 0.2) is 0 Å². The summed E-state index contributed by atoms with van der Waals surface area (Å²) in [6, 6.07) is 0.263. The highest BCUT2D eigenvalue weighted by Gasteiger charge is 2.26. The molecule has 0 spiro atoms. The van der Waals surface area contributed by atoms with Gasteiger partial charge in [0.1, 0.15) is 0 Å². The maximum atomic E-state index is 9.67. The van der Waals surface area contributed by atoms with Crippen LogP contribution in [0.3, 0.4) is 0 Å². The third-order valence-electron chi connectivity index (χ3n) is 3.04. The van der Waals surface area contributed by atoms with Crippen LogP contribution in [0.15, 0.2) is 0 Å². The second-order valence-corrected chi connectivity index (χ2v) is 4.48. The van der Waals surface area contributed by atoms with E-state index in [4.69, 9.17) is 10.5 Å². The number of ether oxygens (including phenoxy) is 1. The number of nitrogens with zero attached hydrogens (tertiary/aromatic N) is 1. The first-order chi connectivity index (χ1) is 7.13. The van der Waals surface area contributed by atoms with Gasteiger partial charge in [-0.25, -0.2) is 0 Å². The second-order valence-electron chi connectivity index (χ2n) is 4.48. The SMILES string of the molecule is CCOCC(O)CN1CCC(C(C)N)C1. The van der Waals surface area contributed by atoms with E-state index in [0.29, 0.717) is 25.7 Å². The number of aliphatic hydroxyl groups excluding tert-OH is 1. The number of β-amino-alcohol motifs (C(OH)–C–C–N with tert-alkyl or cyclic N) is 1. The molecule has 0 radical (unpaired) electrons. The summed E-state index contributed by atoms with van der Waals surface area (Å²) in [6.07, 6.45) is 0.788. The Balaban J connectivity index is 2.17. The maximum absolute atomic E-state index is 9.67. The minimum Gasteiger partial charge on any atom is -0.389 e. The lowest BCUT2D eigenvalue weighted by molar-refractivity contribution is 0.0245. The summed E-state index contributed by atoms with van der Waals surface area (Å²) in [7, 11) is 0. The van der Waals surface area contributed by atoms with E-state index >= 15 is 0 Å². The molecule has 0 amide bonds. The molecule has 0 aromatic heterocycles. The number of hydrogen-bond acceptors (Lipinski definition) is 4. The quantitative estimate of drug-likeness (QED) is 0.659. The highest BCUT2D eigenvalue weighted by Crippen LogP contribution is 2.18. The van der Waals surface area contributed by atoms with Crippen LogP contribution in [-0.4, -0.2) is 55.0 Å². The predicted octanol–water partition coefficient (Wildman–Crippen LogP) is 0.0529. The fourth-order valence-electron chi connectivity index (χ4n) is 2.06. The van der Waals surface area contributed by atoms with E-state index < -0.39 is 0 Å². The number of nitrogens with two attached hydrogens (primary N) is 1. The molecule has 4 nitrogen and oxygen atoms in total. The van der Waals surface area contributed by atoms with Crippen molar-refractivity contribution in [1.82, 2.24) is 4.90 Å². The van der Waals surface area contributed by atoms with Gasteiger partial charge < -0.3 is 20.5 Å². The van der Waals surface area contributed by atoms with Crippen molar-refractivity contribution in [2.75, 3.05) is 32.8 Å². The zero-order valence-electron chi connectivity index (χ0n) is 9.85. The molecule has 90 valence electrons. The van der Waals surface area contributed by atoms with Gasteiger partial charge in [-0.1, -0.05) is 0 Å². The Labute approximate surface area is 92.4 Å². The Kier molecular flexibility index (Phi) is 5.53. The van der Waals surface area contributed by atoms with Gasteiger partial charge in [0, 0.05) is 25.7 Å². The molecule has 15 heavy (non-hydrogen) atoms. The van der Waals surface area contributed by atoms with Gasteiger partial charge >= 0.3 is 0 Å². The molecule has 0 saturated carbocycles. The summed E-state index contributed by atoms with van der Waals surface area (Å²) < 4.78 is 5.18. The van der Waals surface area contributed by atoms with E-state index in [2.05, 4.69) is 11.8 Å². The molecule has 3 atom stereocenters. The molecule has 0 aromatic carbocycles. The van der Waals surface area contributed by atoms with Crippen LogP contribution in [0.25, 0.3) is 0 Å². The van der Waals surface area contributed by atoms with Crippen molar-refractivity contribution in [2.24, 2.45) is 11.7 Å². The lowest BCUT2D eigenvalue weighted by atomic mass is 10.0. The molecule has 3 unspecified atom stereocenters. The number of likely N-dealkylation sites (tertiary alicyclic amines) is 1. The average molecular weight is 216 g/mol. The van der Waals surface area contributed by atoms with E-state index in [1.54, 1.807) is 0 Å². The smallest absolute Gasteiger partial charge is 0.0900 e. The zero-order valence-corrected chi connectivity index (χ0v) is 9.85. The Bertz CT molecular complexity index is 176. The van der Waals surface area contributed by atoms with E-state index in [0.717, 1.165) is 19.5 Å². The van der Waals surface area contributed by atoms with Crippen molar-refractivity contribution >= 4 is 0 Å². The van der Waals surface area contributed by atoms with Crippen molar-refractivity contribution < 1.29 is 9.84 Å². The highest BCUT2D eigenvalue weighted by atomic mass is 16.5. The lowest BCUT2D eigenvalue weighted by Gasteiger charge is -2.20. The maximum Gasteiger partial charge on any atom is 0.0900 e. The first-order valence-electron chi connectivity index (χ1n) is 5.87. The van der Waals surface area contributed by atoms with Crippen LogP contribution in [-0.2, 0) is 4.74 Å². The molecule has 1 rings (SSSR count). The normalized spacial score (nSPS) is 26.8. The third kappa shape index (κ3) is 4.47. The minimum atomic E-state index is -0.364. The molecule has 4 heteroatoms. The van der Waals surface area contributed by atoms with Crippen molar-refractivity contribution in [3.8, 4) is 0 Å². The molecule has 1 saturated heterocycles. The molecule has 1 heterocycles. The van der Waals surface area contributed by atoms with Crippen LogP contribution in [0.4, 0.5) is 0 Å². The van der Waals surface area contributed by atoms with Gasteiger partial charge in [-0.2, -0.15) is 0 Å². The standard InChI is InChI=1S/C11H24N2O2/c1-3-15-8-11(14)7-13-5-4-10(6-13)9(2)12/h9-11,14H,3-8,12H2,1-2H3. The van der Waals surface area contributed by atoms with E-state index in [1.807, 2.05) is 6.92 Å². The molecule has 0 aliphatic carbocycles. The molecule has 1 aliphatic rings. The van der Waals surface area contributed by atoms with Crippen molar-refractivity contribution in [3.63, 3.8) is 0 Å². The van der Waals surface area contributed by atoms with Crippen molar-refractivity contribution in [1.29, 1.82) is 0 Å². The Hall–Kier alpha value is -0.160. The lowest BCUT2D eigenvalue weighted by Crippen LogP contribution is -2.35. The summed E-state index contributed by atoms with van der Waals surface area (Å²) in [5, 5.41) is 9.67. The third-order valence-corrected chi connectivity index (χ3v) is 3.04. The molecule has 3 N–H and O–H groups in total. The second kappa shape index (κ2) is 6.43. The van der Waals surface area contributed by atoms with Gasteiger partial charge in [-0.15, -0.1) is 0 Å². The van der Waals surface area contributed by atoms with Gasteiger partial charge in [-0.3, -0.25) is 0 Å². The molecular weight excluding hydrogens is 192 g/mol. The summed E-state index contributed by atoms with van der Waals surface area (Å²) in [5.74, 6) is 0.587. The van der Waals surface area contributed by atoms with Gasteiger partial charge in [-0.05, 0) is 32.7 Å². The fraction of sp³-hybridized carbons (Fsp3) is 1.00. The minimum absolute atomic E-state index is 0.263. The van der Waals surface area contributed by atoms with Crippen molar-refractivity contribution in [2.45, 2.75) is 32.4 Å². The average Bonchev–Trinajstić information content (AvgIpc) is 2.63.